The van der Waals surface area contributed by atoms with Crippen LogP contribution in [0.1, 0.15) is 23.7 Å². The molecule has 0 bridgehead atoms. The summed E-state index contributed by atoms with van der Waals surface area (Å²) < 4.78 is 4.93. The zero-order chi connectivity index (χ0) is 13.5. The third-order valence-electron chi connectivity index (χ3n) is 2.53. The number of rotatable bonds is 5. The summed E-state index contributed by atoms with van der Waals surface area (Å²) in [5, 5.41) is 8.55. The molecule has 0 aromatic heterocycles. The van der Waals surface area contributed by atoms with Gasteiger partial charge >= 0.3 is 5.97 Å². The van der Waals surface area contributed by atoms with Crippen molar-refractivity contribution in [1.82, 2.24) is 0 Å². The first-order valence-corrected chi connectivity index (χ1v) is 5.74. The van der Waals surface area contributed by atoms with Gasteiger partial charge in [-0.3, -0.25) is 0 Å². The Morgan fingerprint density at radius 2 is 2.28 bits per heavy atom. The largest absolute Gasteiger partial charge is 0.462 e. The van der Waals surface area contributed by atoms with Crippen molar-refractivity contribution in [3.63, 3.8) is 0 Å². The normalized spacial score (nSPS) is 9.61. The third kappa shape index (κ3) is 3.39. The number of carbonyl (C=O) groups excluding carboxylic acids is 1. The second kappa shape index (κ2) is 6.50. The van der Waals surface area contributed by atoms with Crippen LogP contribution in [-0.4, -0.2) is 26.2 Å². The Balaban J connectivity index is 2.93. The number of carbonyl (C=O) groups is 1. The third-order valence-corrected chi connectivity index (χ3v) is 2.53. The van der Waals surface area contributed by atoms with E-state index in [-0.39, 0.29) is 0 Å². The number of hydrogen-bond acceptors (Lipinski definition) is 5. The van der Waals surface area contributed by atoms with E-state index in [1.807, 2.05) is 18.0 Å². The van der Waals surface area contributed by atoms with E-state index in [4.69, 9.17) is 15.7 Å². The molecule has 1 aromatic rings. The van der Waals surface area contributed by atoms with Gasteiger partial charge in [-0.2, -0.15) is 5.26 Å². The van der Waals surface area contributed by atoms with Crippen molar-refractivity contribution in [3.05, 3.63) is 23.8 Å². The van der Waals surface area contributed by atoms with Crippen molar-refractivity contribution < 1.29 is 9.53 Å². The summed E-state index contributed by atoms with van der Waals surface area (Å²) in [6, 6.07) is 7.25. The molecule has 0 atom stereocenters. The maximum absolute atomic E-state index is 11.7. The van der Waals surface area contributed by atoms with Crippen molar-refractivity contribution in [3.8, 4) is 6.07 Å². The average Bonchev–Trinajstić information content (AvgIpc) is 2.36. The Labute approximate surface area is 107 Å². The molecule has 0 fully saturated rings. The smallest absolute Gasteiger partial charge is 0.340 e. The maximum Gasteiger partial charge on any atom is 0.340 e. The van der Waals surface area contributed by atoms with Crippen molar-refractivity contribution >= 4 is 17.3 Å². The van der Waals surface area contributed by atoms with Crippen molar-refractivity contribution in [2.24, 2.45) is 0 Å². The van der Waals surface area contributed by atoms with E-state index < -0.39 is 5.97 Å². The molecule has 5 heteroatoms. The van der Waals surface area contributed by atoms with Crippen LogP contribution < -0.4 is 10.6 Å². The van der Waals surface area contributed by atoms with Gasteiger partial charge in [-0.25, -0.2) is 4.79 Å². The number of benzene rings is 1. The lowest BCUT2D eigenvalue weighted by atomic mass is 10.1. The van der Waals surface area contributed by atoms with Crippen LogP contribution in [0.4, 0.5) is 11.4 Å². The van der Waals surface area contributed by atoms with Gasteiger partial charge in [-0.15, -0.1) is 0 Å². The Kier molecular flexibility index (Phi) is 5.00. The Morgan fingerprint density at radius 3 is 2.89 bits per heavy atom. The van der Waals surface area contributed by atoms with Gasteiger partial charge in [0.25, 0.3) is 0 Å². The molecule has 1 rings (SSSR count). The van der Waals surface area contributed by atoms with Gasteiger partial charge in [0.05, 0.1) is 24.7 Å². The summed E-state index contributed by atoms with van der Waals surface area (Å²) in [6.07, 6.45) is 0.426. The standard InChI is InChI=1S/C13H17N3O2/c1-3-18-13(17)11-9-10(5-6-12(11)15)16(2)8-4-7-14/h5-6,9H,3-4,8,15H2,1-2H3. The minimum Gasteiger partial charge on any atom is -0.462 e. The highest BCUT2D eigenvalue weighted by Crippen LogP contribution is 2.21. The van der Waals surface area contributed by atoms with Gasteiger partial charge in [-0.05, 0) is 25.1 Å². The molecule has 96 valence electrons. The fraction of sp³-hybridized carbons (Fsp3) is 0.385. The first-order chi connectivity index (χ1) is 8.60. The van der Waals surface area contributed by atoms with Crippen LogP contribution in [0.3, 0.4) is 0 Å². The number of esters is 1. The molecule has 0 amide bonds. The summed E-state index contributed by atoms with van der Waals surface area (Å²) in [6.45, 7) is 2.66. The number of hydrogen-bond donors (Lipinski definition) is 1. The monoisotopic (exact) mass is 247 g/mol. The fourth-order valence-electron chi connectivity index (χ4n) is 1.51. The molecule has 0 radical (unpaired) electrons. The molecule has 1 aromatic carbocycles. The second-order valence-electron chi connectivity index (χ2n) is 3.82. The van der Waals surface area contributed by atoms with Gasteiger partial charge in [0.1, 0.15) is 0 Å². The summed E-state index contributed by atoms with van der Waals surface area (Å²) in [5.41, 5.74) is 7.34. The lowest BCUT2D eigenvalue weighted by molar-refractivity contribution is 0.0527. The maximum atomic E-state index is 11.7. The van der Waals surface area contributed by atoms with Gasteiger partial charge in [0.2, 0.25) is 0 Å². The highest BCUT2D eigenvalue weighted by atomic mass is 16.5. The molecule has 18 heavy (non-hydrogen) atoms. The van der Waals surface area contributed by atoms with E-state index in [2.05, 4.69) is 6.07 Å². The number of ether oxygens (including phenoxy) is 1. The van der Waals surface area contributed by atoms with Crippen LogP contribution >= 0.6 is 0 Å². The van der Waals surface area contributed by atoms with E-state index in [1.54, 1.807) is 19.1 Å². The molecule has 0 aliphatic heterocycles. The summed E-state index contributed by atoms with van der Waals surface area (Å²) in [4.78, 5) is 13.6. The van der Waals surface area contributed by atoms with Crippen molar-refractivity contribution in [1.29, 1.82) is 5.26 Å². The Hall–Kier alpha value is -2.22. The van der Waals surface area contributed by atoms with Crippen LogP contribution in [0.15, 0.2) is 18.2 Å². The molecule has 5 nitrogen and oxygen atoms in total. The molecule has 2 N–H and O–H groups in total. The number of nitrogens with two attached hydrogens (primary N) is 1. The van der Waals surface area contributed by atoms with E-state index in [9.17, 15) is 4.79 Å². The molecule has 0 saturated heterocycles. The van der Waals surface area contributed by atoms with Gasteiger partial charge in [0, 0.05) is 25.0 Å². The molecular weight excluding hydrogens is 230 g/mol. The summed E-state index contributed by atoms with van der Waals surface area (Å²) >= 11 is 0. The molecule has 0 spiro atoms. The Morgan fingerprint density at radius 1 is 1.56 bits per heavy atom. The SMILES string of the molecule is CCOC(=O)c1cc(N(C)CCC#N)ccc1N. The summed E-state index contributed by atoms with van der Waals surface area (Å²) in [5.74, 6) is -0.425. The molecule has 0 heterocycles. The fourth-order valence-corrected chi connectivity index (χ4v) is 1.51. The number of nitrogen functional groups attached to an aromatic ring is 1. The van der Waals surface area contributed by atoms with Gasteiger partial charge < -0.3 is 15.4 Å². The first-order valence-electron chi connectivity index (χ1n) is 5.74. The van der Waals surface area contributed by atoms with Crippen LogP contribution in [0, 0.1) is 11.3 Å². The predicted molar refractivity (Wildman–Crippen MR) is 70.3 cm³/mol. The number of nitriles is 1. The molecule has 0 aliphatic carbocycles. The van der Waals surface area contributed by atoms with Crippen LogP contribution in [-0.2, 0) is 4.74 Å². The van der Waals surface area contributed by atoms with E-state index >= 15 is 0 Å². The van der Waals surface area contributed by atoms with Gasteiger partial charge in [0.15, 0.2) is 0 Å². The van der Waals surface area contributed by atoms with Crippen LogP contribution in [0.2, 0.25) is 0 Å². The lowest BCUT2D eigenvalue weighted by Crippen LogP contribution is -2.19. The van der Waals surface area contributed by atoms with Crippen molar-refractivity contribution in [2.75, 3.05) is 30.8 Å². The second-order valence-corrected chi connectivity index (χ2v) is 3.82. The first kappa shape index (κ1) is 13.8. The van der Waals surface area contributed by atoms with Gasteiger partial charge in [-0.1, -0.05) is 0 Å². The lowest BCUT2D eigenvalue weighted by Gasteiger charge is -2.19. The van der Waals surface area contributed by atoms with Crippen LogP contribution in [0.5, 0.6) is 0 Å². The van der Waals surface area contributed by atoms with E-state index in [1.165, 1.54) is 0 Å². The van der Waals surface area contributed by atoms with E-state index in [0.717, 1.165) is 5.69 Å². The zero-order valence-electron chi connectivity index (χ0n) is 10.6. The molecular formula is C13H17N3O2. The van der Waals surface area contributed by atoms with Crippen LogP contribution in [0.25, 0.3) is 0 Å². The van der Waals surface area contributed by atoms with E-state index in [0.29, 0.717) is 30.8 Å². The minimum atomic E-state index is -0.425. The average molecular weight is 247 g/mol. The van der Waals surface area contributed by atoms with Crippen molar-refractivity contribution in [2.45, 2.75) is 13.3 Å². The summed E-state index contributed by atoms with van der Waals surface area (Å²) in [7, 11) is 1.86. The molecule has 0 aliphatic rings. The molecule has 0 saturated carbocycles. The quantitative estimate of drug-likeness (QED) is 0.634. The molecule has 0 unspecified atom stereocenters. The topological polar surface area (TPSA) is 79.3 Å². The minimum absolute atomic E-state index is 0.312. The predicted octanol–water partition coefficient (Wildman–Crippen LogP) is 1.80. The number of anilines is 2. The Bertz CT molecular complexity index is 466. The highest BCUT2D eigenvalue weighted by molar-refractivity contribution is 5.96. The number of nitrogens with zero attached hydrogens (tertiary/aromatic N) is 2. The zero-order valence-corrected chi connectivity index (χ0v) is 10.6. The highest BCUT2D eigenvalue weighted by Gasteiger charge is 2.12.